The molecule has 1 aromatic rings. The molecule has 1 aliphatic heterocycles. The van der Waals surface area contributed by atoms with E-state index in [-0.39, 0.29) is 11.9 Å². The van der Waals surface area contributed by atoms with Gasteiger partial charge >= 0.3 is 0 Å². The normalized spacial score (nSPS) is 20.8. The Morgan fingerprint density at radius 3 is 2.88 bits per heavy atom. The minimum Gasteiger partial charge on any atom is -0.493 e. The fraction of sp³-hybridized carbons (Fsp3) is 0.500. The second kappa shape index (κ2) is 5.15. The number of benzene rings is 1. The summed E-state index contributed by atoms with van der Waals surface area (Å²) in [5.41, 5.74) is 0.905. The molecule has 1 aromatic carbocycles. The van der Waals surface area contributed by atoms with Crippen molar-refractivity contribution >= 4 is 15.9 Å². The van der Waals surface area contributed by atoms with E-state index in [0.29, 0.717) is 5.75 Å². The Hall–Kier alpha value is -0.610. The van der Waals surface area contributed by atoms with Gasteiger partial charge in [0.25, 0.3) is 0 Å². The molecule has 2 nitrogen and oxygen atoms in total. The van der Waals surface area contributed by atoms with E-state index in [1.807, 2.05) is 0 Å². The summed E-state index contributed by atoms with van der Waals surface area (Å²) in [6.07, 6.45) is 3.38. The maximum absolute atomic E-state index is 13.6. The molecule has 4 heteroatoms. The van der Waals surface area contributed by atoms with Gasteiger partial charge in [0, 0.05) is 16.1 Å². The molecule has 0 spiro atoms. The van der Waals surface area contributed by atoms with E-state index in [1.54, 1.807) is 6.07 Å². The van der Waals surface area contributed by atoms with Gasteiger partial charge in [-0.25, -0.2) is 4.39 Å². The molecule has 0 saturated carbocycles. The number of methoxy groups -OCH3 is 1. The Morgan fingerprint density at radius 1 is 1.44 bits per heavy atom. The predicted molar refractivity (Wildman–Crippen MR) is 65.2 cm³/mol. The number of hydrogen-bond donors (Lipinski definition) is 1. The number of hydrogen-bond acceptors (Lipinski definition) is 2. The first kappa shape index (κ1) is 11.9. The highest BCUT2D eigenvalue weighted by Crippen LogP contribution is 2.37. The van der Waals surface area contributed by atoms with Crippen LogP contribution in [-0.2, 0) is 0 Å². The smallest absolute Gasteiger partial charge is 0.165 e. The van der Waals surface area contributed by atoms with Crippen LogP contribution in [0.15, 0.2) is 16.6 Å². The minimum absolute atomic E-state index is 0.189. The second-order valence-electron chi connectivity index (χ2n) is 3.98. The Balaban J connectivity index is 2.40. The lowest BCUT2D eigenvalue weighted by Crippen LogP contribution is -2.27. The molecule has 1 aliphatic rings. The van der Waals surface area contributed by atoms with Crippen molar-refractivity contribution in [3.8, 4) is 5.75 Å². The first-order valence-corrected chi connectivity index (χ1v) is 6.28. The van der Waals surface area contributed by atoms with Crippen molar-refractivity contribution < 1.29 is 9.13 Å². The van der Waals surface area contributed by atoms with Gasteiger partial charge in [-0.05, 0) is 31.5 Å². The van der Waals surface area contributed by atoms with Gasteiger partial charge in [-0.3, -0.25) is 0 Å². The zero-order valence-electron chi connectivity index (χ0n) is 9.22. The summed E-state index contributed by atoms with van der Waals surface area (Å²) >= 11 is 3.47. The van der Waals surface area contributed by atoms with Gasteiger partial charge in [-0.2, -0.15) is 0 Å². The highest BCUT2D eigenvalue weighted by atomic mass is 79.9. The molecular weight excluding hydrogens is 273 g/mol. The number of ether oxygens (including phenoxy) is 1. The molecule has 2 rings (SSSR count). The van der Waals surface area contributed by atoms with Crippen molar-refractivity contribution in [1.82, 2.24) is 5.32 Å². The van der Waals surface area contributed by atoms with E-state index in [2.05, 4.69) is 21.2 Å². The van der Waals surface area contributed by atoms with E-state index >= 15 is 0 Å². The van der Waals surface area contributed by atoms with Crippen molar-refractivity contribution in [2.45, 2.75) is 25.3 Å². The zero-order valence-corrected chi connectivity index (χ0v) is 10.8. The third kappa shape index (κ3) is 2.23. The lowest BCUT2D eigenvalue weighted by atomic mass is 9.96. The number of piperidine rings is 1. The number of rotatable bonds is 2. The summed E-state index contributed by atoms with van der Waals surface area (Å²) in [5, 5.41) is 3.40. The summed E-state index contributed by atoms with van der Waals surface area (Å²) in [7, 11) is 1.51. The summed E-state index contributed by atoms with van der Waals surface area (Å²) < 4.78 is 19.7. The molecular formula is C12H15BrFNO. The molecule has 0 radical (unpaired) electrons. The average Bonchev–Trinajstić information content (AvgIpc) is 2.33. The van der Waals surface area contributed by atoms with Crippen molar-refractivity contribution in [2.75, 3.05) is 13.7 Å². The van der Waals surface area contributed by atoms with E-state index in [0.717, 1.165) is 23.0 Å². The van der Waals surface area contributed by atoms with Crippen LogP contribution in [0.25, 0.3) is 0 Å². The van der Waals surface area contributed by atoms with Crippen LogP contribution >= 0.6 is 15.9 Å². The number of halogens is 2. The molecule has 0 aliphatic carbocycles. The maximum atomic E-state index is 13.6. The summed E-state index contributed by atoms with van der Waals surface area (Å²) in [4.78, 5) is 0. The summed E-state index contributed by atoms with van der Waals surface area (Å²) in [5.74, 6) is 0.0573. The topological polar surface area (TPSA) is 21.3 Å². The second-order valence-corrected chi connectivity index (χ2v) is 4.83. The van der Waals surface area contributed by atoms with Crippen molar-refractivity contribution in [1.29, 1.82) is 0 Å². The third-order valence-electron chi connectivity index (χ3n) is 2.96. The van der Waals surface area contributed by atoms with Crippen LogP contribution < -0.4 is 10.1 Å². The predicted octanol–water partition coefficient (Wildman–Crippen LogP) is 3.41. The van der Waals surface area contributed by atoms with E-state index in [9.17, 15) is 4.39 Å². The molecule has 1 heterocycles. The van der Waals surface area contributed by atoms with Crippen molar-refractivity contribution in [3.05, 3.63) is 28.0 Å². The van der Waals surface area contributed by atoms with Gasteiger partial charge in [-0.15, -0.1) is 0 Å². The van der Waals surface area contributed by atoms with Crippen LogP contribution in [0.2, 0.25) is 0 Å². The zero-order chi connectivity index (χ0) is 11.5. The van der Waals surface area contributed by atoms with E-state index in [1.165, 1.54) is 26.0 Å². The Morgan fingerprint density at radius 2 is 2.25 bits per heavy atom. The fourth-order valence-corrected chi connectivity index (χ4v) is 2.77. The molecule has 1 fully saturated rings. The van der Waals surface area contributed by atoms with Gasteiger partial charge in [0.05, 0.1) is 7.11 Å². The van der Waals surface area contributed by atoms with Gasteiger partial charge in [0.1, 0.15) is 0 Å². The molecule has 1 saturated heterocycles. The van der Waals surface area contributed by atoms with Crippen molar-refractivity contribution in [2.24, 2.45) is 0 Å². The first-order chi connectivity index (χ1) is 7.74. The lowest BCUT2D eigenvalue weighted by molar-refractivity contribution is 0.355. The lowest BCUT2D eigenvalue weighted by Gasteiger charge is -2.26. The van der Waals surface area contributed by atoms with Gasteiger partial charge in [-0.1, -0.05) is 22.4 Å². The summed E-state index contributed by atoms with van der Waals surface area (Å²) in [6.45, 7) is 0.983. The largest absolute Gasteiger partial charge is 0.493 e. The maximum Gasteiger partial charge on any atom is 0.165 e. The van der Waals surface area contributed by atoms with Crippen LogP contribution in [0.5, 0.6) is 5.75 Å². The highest BCUT2D eigenvalue weighted by Gasteiger charge is 2.23. The van der Waals surface area contributed by atoms with E-state index in [4.69, 9.17) is 4.74 Å². The van der Waals surface area contributed by atoms with Crippen molar-refractivity contribution in [3.63, 3.8) is 0 Å². The Labute approximate surface area is 103 Å². The van der Waals surface area contributed by atoms with Gasteiger partial charge in [0.15, 0.2) is 11.6 Å². The van der Waals surface area contributed by atoms with Crippen LogP contribution in [0.3, 0.4) is 0 Å². The molecule has 88 valence electrons. The fourth-order valence-electron chi connectivity index (χ4n) is 2.18. The molecule has 16 heavy (non-hydrogen) atoms. The van der Waals surface area contributed by atoms with Gasteiger partial charge < -0.3 is 10.1 Å². The van der Waals surface area contributed by atoms with E-state index < -0.39 is 0 Å². The summed E-state index contributed by atoms with van der Waals surface area (Å²) in [6, 6.07) is 3.35. The Kier molecular flexibility index (Phi) is 3.82. The highest BCUT2D eigenvalue weighted by molar-refractivity contribution is 9.10. The van der Waals surface area contributed by atoms with Gasteiger partial charge in [0.2, 0.25) is 0 Å². The van der Waals surface area contributed by atoms with Crippen LogP contribution in [0.4, 0.5) is 4.39 Å². The monoisotopic (exact) mass is 287 g/mol. The molecule has 1 N–H and O–H groups in total. The van der Waals surface area contributed by atoms with Crippen LogP contribution in [0.1, 0.15) is 30.9 Å². The standard InChI is InChI=1S/C12H15BrFNO/c1-16-12-9(14)6-5-8(13)11(12)10-4-2-3-7-15-10/h5-6,10,15H,2-4,7H2,1H3. The quantitative estimate of drug-likeness (QED) is 0.900. The molecule has 1 atom stereocenters. The third-order valence-corrected chi connectivity index (χ3v) is 3.65. The van der Waals surface area contributed by atoms with Crippen LogP contribution in [-0.4, -0.2) is 13.7 Å². The molecule has 1 unspecified atom stereocenters. The molecule has 0 aromatic heterocycles. The SMILES string of the molecule is COc1c(F)ccc(Br)c1C1CCCCN1. The average molecular weight is 288 g/mol. The first-order valence-electron chi connectivity index (χ1n) is 5.49. The number of nitrogens with one attached hydrogen (secondary N) is 1. The Bertz CT molecular complexity index is 378. The minimum atomic E-state index is -0.298. The molecule has 0 bridgehead atoms. The van der Waals surface area contributed by atoms with Crippen LogP contribution in [0, 0.1) is 5.82 Å². The molecule has 0 amide bonds.